The Hall–Kier alpha value is -0.650. The maximum atomic E-state index is 12.5. The smallest absolute Gasteiger partial charge is 0.254 e. The molecule has 0 radical (unpaired) electrons. The highest BCUT2D eigenvalue weighted by molar-refractivity contribution is 8.19. The molecule has 5 heteroatoms. The predicted molar refractivity (Wildman–Crippen MR) is 87.5 cm³/mol. The van der Waals surface area contributed by atoms with E-state index in [1.165, 1.54) is 17.1 Å². The van der Waals surface area contributed by atoms with Crippen molar-refractivity contribution in [2.45, 2.75) is 17.5 Å². The van der Waals surface area contributed by atoms with Gasteiger partial charge in [0.05, 0.1) is 4.58 Å². The molecule has 2 aliphatic heterocycles. The van der Waals surface area contributed by atoms with Crippen LogP contribution in [0.3, 0.4) is 0 Å². The number of thioether (sulfide) groups is 2. The maximum Gasteiger partial charge on any atom is 0.254 e. The summed E-state index contributed by atoms with van der Waals surface area (Å²) in [5.74, 6) is 2.63. The fourth-order valence-corrected chi connectivity index (χ4v) is 5.50. The maximum absolute atomic E-state index is 12.5. The Morgan fingerprint density at radius 3 is 2.60 bits per heavy atom. The van der Waals surface area contributed by atoms with Crippen LogP contribution in [0.25, 0.3) is 0 Å². The molecular weight excluding hydrogens is 288 g/mol. The number of piperazine rings is 1. The van der Waals surface area contributed by atoms with E-state index in [1.807, 2.05) is 40.6 Å². The number of carbonyl (C=O) groups is 1. The monoisotopic (exact) mass is 308 g/mol. The van der Waals surface area contributed by atoms with E-state index >= 15 is 0 Å². The van der Waals surface area contributed by atoms with E-state index in [9.17, 15) is 4.79 Å². The molecule has 1 amide bonds. The third kappa shape index (κ3) is 3.00. The van der Waals surface area contributed by atoms with Crippen molar-refractivity contribution in [3.63, 3.8) is 0 Å². The van der Waals surface area contributed by atoms with Gasteiger partial charge in [0.25, 0.3) is 5.91 Å². The van der Waals surface area contributed by atoms with E-state index in [1.54, 1.807) is 0 Å². The highest BCUT2D eigenvalue weighted by atomic mass is 32.2. The summed E-state index contributed by atoms with van der Waals surface area (Å²) in [5.41, 5.74) is 2.15. The van der Waals surface area contributed by atoms with Crippen molar-refractivity contribution >= 4 is 29.4 Å². The summed E-state index contributed by atoms with van der Waals surface area (Å²) in [4.78, 5) is 14.5. The Morgan fingerprint density at radius 2 is 1.95 bits per heavy atom. The highest BCUT2D eigenvalue weighted by Crippen LogP contribution is 2.45. The lowest BCUT2D eigenvalue weighted by atomic mass is 10.1. The Balaban J connectivity index is 1.71. The molecule has 2 saturated heterocycles. The van der Waals surface area contributed by atoms with Gasteiger partial charge >= 0.3 is 0 Å². The van der Waals surface area contributed by atoms with Crippen LogP contribution in [-0.2, 0) is 0 Å². The Bertz CT molecular complexity index is 471. The minimum absolute atomic E-state index is 0.164. The van der Waals surface area contributed by atoms with Crippen LogP contribution in [0.4, 0.5) is 0 Å². The highest BCUT2D eigenvalue weighted by Gasteiger charge is 2.24. The number of hydrogen-bond donors (Lipinski definition) is 1. The average molecular weight is 308 g/mol. The molecule has 0 aliphatic carbocycles. The van der Waals surface area contributed by atoms with Crippen molar-refractivity contribution < 1.29 is 4.79 Å². The van der Waals surface area contributed by atoms with Gasteiger partial charge in [0, 0.05) is 42.7 Å². The molecule has 1 aromatic rings. The van der Waals surface area contributed by atoms with Crippen LogP contribution in [0.5, 0.6) is 0 Å². The van der Waals surface area contributed by atoms with Crippen LogP contribution in [0.1, 0.15) is 27.4 Å². The molecule has 1 aromatic carbocycles. The van der Waals surface area contributed by atoms with Crippen molar-refractivity contribution in [2.24, 2.45) is 0 Å². The summed E-state index contributed by atoms with van der Waals surface area (Å²) in [7, 11) is 0. The molecule has 1 atom stereocenters. The molecule has 0 spiro atoms. The second-order valence-corrected chi connectivity index (χ2v) is 7.97. The number of nitrogens with zero attached hydrogens (tertiary/aromatic N) is 1. The lowest BCUT2D eigenvalue weighted by molar-refractivity contribution is 0.0656. The number of benzene rings is 1. The molecule has 3 rings (SSSR count). The number of nitrogens with one attached hydrogen (secondary N) is 1. The van der Waals surface area contributed by atoms with E-state index in [2.05, 4.69) is 24.4 Å². The van der Waals surface area contributed by atoms with E-state index in [-0.39, 0.29) is 11.9 Å². The zero-order valence-electron chi connectivity index (χ0n) is 11.7. The number of hydrogen-bond acceptors (Lipinski definition) is 4. The minimum atomic E-state index is 0.164. The van der Waals surface area contributed by atoms with Gasteiger partial charge in [-0.2, -0.15) is 0 Å². The first kappa shape index (κ1) is 14.3. The fourth-order valence-electron chi connectivity index (χ4n) is 2.64. The SMILES string of the molecule is CC1CNCCN1C(=O)c1ccc(C2SCCS2)cc1. The normalized spacial score (nSPS) is 24.1. The topological polar surface area (TPSA) is 32.3 Å². The molecule has 1 unspecified atom stereocenters. The predicted octanol–water partition coefficient (Wildman–Crippen LogP) is 2.60. The Labute approximate surface area is 128 Å². The second kappa shape index (κ2) is 6.41. The van der Waals surface area contributed by atoms with Crippen LogP contribution in [0.15, 0.2) is 24.3 Å². The Morgan fingerprint density at radius 1 is 1.25 bits per heavy atom. The van der Waals surface area contributed by atoms with Crippen molar-refractivity contribution in [1.29, 1.82) is 0 Å². The van der Waals surface area contributed by atoms with Gasteiger partial charge < -0.3 is 10.2 Å². The molecule has 3 nitrogen and oxygen atoms in total. The molecule has 2 aliphatic rings. The molecule has 108 valence electrons. The van der Waals surface area contributed by atoms with Crippen molar-refractivity contribution in [1.82, 2.24) is 10.2 Å². The lowest BCUT2D eigenvalue weighted by Gasteiger charge is -2.34. The van der Waals surface area contributed by atoms with Gasteiger partial charge in [-0.15, -0.1) is 23.5 Å². The quantitative estimate of drug-likeness (QED) is 0.910. The third-order valence-corrected chi connectivity index (χ3v) is 6.92. The summed E-state index contributed by atoms with van der Waals surface area (Å²) < 4.78 is 0.553. The van der Waals surface area contributed by atoms with E-state index in [0.717, 1.165) is 25.2 Å². The third-order valence-electron chi connectivity index (χ3n) is 3.81. The van der Waals surface area contributed by atoms with Crippen LogP contribution in [0, 0.1) is 0 Å². The van der Waals surface area contributed by atoms with Gasteiger partial charge in [0.2, 0.25) is 0 Å². The van der Waals surface area contributed by atoms with Crippen molar-refractivity contribution in [3.05, 3.63) is 35.4 Å². The summed E-state index contributed by atoms with van der Waals surface area (Å²) in [6.45, 7) is 4.68. The number of carbonyl (C=O) groups excluding carboxylic acids is 1. The molecule has 0 saturated carbocycles. The number of rotatable bonds is 2. The van der Waals surface area contributed by atoms with Gasteiger partial charge in [-0.25, -0.2) is 0 Å². The second-order valence-electron chi connectivity index (χ2n) is 5.25. The molecule has 20 heavy (non-hydrogen) atoms. The van der Waals surface area contributed by atoms with Crippen LogP contribution in [0.2, 0.25) is 0 Å². The lowest BCUT2D eigenvalue weighted by Crippen LogP contribution is -2.52. The minimum Gasteiger partial charge on any atom is -0.333 e. The van der Waals surface area contributed by atoms with Gasteiger partial charge in [0.15, 0.2) is 0 Å². The van der Waals surface area contributed by atoms with Crippen molar-refractivity contribution in [2.75, 3.05) is 31.1 Å². The summed E-state index contributed by atoms with van der Waals surface area (Å²) in [6, 6.07) is 8.50. The van der Waals surface area contributed by atoms with E-state index < -0.39 is 0 Å². The zero-order chi connectivity index (χ0) is 13.9. The standard InChI is InChI=1S/C15H20N2OS2/c1-11-10-16-6-7-17(11)14(18)12-2-4-13(5-3-12)15-19-8-9-20-15/h2-5,11,15-16H,6-10H2,1H3. The Kier molecular flexibility index (Phi) is 4.58. The molecule has 2 fully saturated rings. The van der Waals surface area contributed by atoms with E-state index in [4.69, 9.17) is 0 Å². The molecule has 0 aromatic heterocycles. The van der Waals surface area contributed by atoms with Gasteiger partial charge in [-0.1, -0.05) is 12.1 Å². The van der Waals surface area contributed by atoms with Gasteiger partial charge in [-0.3, -0.25) is 4.79 Å². The molecule has 0 bridgehead atoms. The van der Waals surface area contributed by atoms with Crippen LogP contribution >= 0.6 is 23.5 Å². The average Bonchev–Trinajstić information content (AvgIpc) is 3.01. The van der Waals surface area contributed by atoms with Gasteiger partial charge in [-0.05, 0) is 24.6 Å². The van der Waals surface area contributed by atoms with E-state index in [0.29, 0.717) is 4.58 Å². The summed E-state index contributed by atoms with van der Waals surface area (Å²) in [6.07, 6.45) is 0. The van der Waals surface area contributed by atoms with Crippen LogP contribution < -0.4 is 5.32 Å². The van der Waals surface area contributed by atoms with Crippen LogP contribution in [-0.4, -0.2) is 48.0 Å². The molecular formula is C15H20N2OS2. The first-order valence-electron chi connectivity index (χ1n) is 7.10. The van der Waals surface area contributed by atoms with Gasteiger partial charge in [0.1, 0.15) is 0 Å². The fraction of sp³-hybridized carbons (Fsp3) is 0.533. The zero-order valence-corrected chi connectivity index (χ0v) is 13.3. The number of amides is 1. The van der Waals surface area contributed by atoms with Crippen molar-refractivity contribution in [3.8, 4) is 0 Å². The summed E-state index contributed by atoms with van der Waals surface area (Å²) >= 11 is 4.00. The first-order chi connectivity index (χ1) is 9.75. The molecule has 2 heterocycles. The summed E-state index contributed by atoms with van der Waals surface area (Å²) in [5, 5.41) is 3.32. The molecule has 1 N–H and O–H groups in total. The largest absolute Gasteiger partial charge is 0.333 e. The first-order valence-corrected chi connectivity index (χ1v) is 9.20.